The number of rotatable bonds is 8. The molecule has 0 fully saturated rings. The first kappa shape index (κ1) is 20.9. The first-order chi connectivity index (χ1) is 13.6. The van der Waals surface area contributed by atoms with Gasteiger partial charge in [-0.25, -0.2) is 9.97 Å². The van der Waals surface area contributed by atoms with Crippen molar-refractivity contribution in [2.75, 3.05) is 10.8 Å². The zero-order valence-electron chi connectivity index (χ0n) is 15.6. The van der Waals surface area contributed by atoms with E-state index >= 15 is 0 Å². The third kappa shape index (κ3) is 5.15. The molecule has 0 aliphatic rings. The molecule has 4 nitrogen and oxygen atoms in total. The maximum absolute atomic E-state index is 12.2. The van der Waals surface area contributed by atoms with Gasteiger partial charge in [0.15, 0.2) is 5.08 Å². The third-order valence-corrected chi connectivity index (χ3v) is 7.70. The van der Waals surface area contributed by atoms with E-state index in [1.807, 2.05) is 35.7 Å². The van der Waals surface area contributed by atoms with Crippen molar-refractivity contribution in [3.05, 3.63) is 60.0 Å². The van der Waals surface area contributed by atoms with Crippen LogP contribution in [0.15, 0.2) is 46.9 Å². The molecule has 1 atom stereocenters. The summed E-state index contributed by atoms with van der Waals surface area (Å²) < 4.78 is 12.2. The van der Waals surface area contributed by atoms with Gasteiger partial charge in [0.2, 0.25) is 0 Å². The Morgan fingerprint density at radius 2 is 2.11 bits per heavy atom. The summed E-state index contributed by atoms with van der Waals surface area (Å²) in [5, 5.41) is 13.6. The van der Waals surface area contributed by atoms with Gasteiger partial charge in [-0.1, -0.05) is 49.4 Å². The van der Waals surface area contributed by atoms with Gasteiger partial charge < -0.3 is 4.55 Å². The van der Waals surface area contributed by atoms with E-state index in [0.717, 1.165) is 40.2 Å². The number of pyridine rings is 1. The molecule has 0 saturated heterocycles. The molecule has 1 radical (unpaired) electrons. The van der Waals surface area contributed by atoms with Crippen LogP contribution in [0.25, 0.3) is 21.8 Å². The molecule has 3 rings (SSSR count). The van der Waals surface area contributed by atoms with Gasteiger partial charge in [-0.15, -0.1) is 11.3 Å². The molecule has 7 heteroatoms. The number of aromatic nitrogens is 2. The van der Waals surface area contributed by atoms with Crippen LogP contribution >= 0.6 is 23.1 Å². The van der Waals surface area contributed by atoms with Gasteiger partial charge in [-0.3, -0.25) is 0 Å². The lowest BCUT2D eigenvalue weighted by atomic mass is 10.00. The molecule has 0 amide bonds. The first-order valence-corrected chi connectivity index (χ1v) is 12.2. The quantitative estimate of drug-likeness (QED) is 0.350. The summed E-state index contributed by atoms with van der Waals surface area (Å²) >= 11 is 1.95. The predicted octanol–water partition coefficient (Wildman–Crippen LogP) is 5.52. The highest BCUT2D eigenvalue weighted by molar-refractivity contribution is 8.12. The van der Waals surface area contributed by atoms with E-state index in [9.17, 15) is 9.81 Å². The summed E-state index contributed by atoms with van der Waals surface area (Å²) in [5.74, 6) is 0.676. The Kier molecular flexibility index (Phi) is 7.51. The average Bonchev–Trinajstić information content (AvgIpc) is 3.25. The molecule has 1 unspecified atom stereocenters. The fraction of sp³-hybridized carbons (Fsp3) is 0.238. The fourth-order valence-corrected chi connectivity index (χ4v) is 5.71. The van der Waals surface area contributed by atoms with Gasteiger partial charge in [-0.2, -0.15) is 5.26 Å². The maximum Gasteiger partial charge on any atom is 0.156 e. The van der Waals surface area contributed by atoms with Gasteiger partial charge in [0, 0.05) is 17.1 Å². The van der Waals surface area contributed by atoms with E-state index in [1.54, 1.807) is 6.20 Å². The minimum Gasteiger partial charge on any atom is -0.616 e. The molecule has 143 valence electrons. The van der Waals surface area contributed by atoms with E-state index in [0.29, 0.717) is 21.4 Å². The van der Waals surface area contributed by atoms with Crippen LogP contribution in [0, 0.1) is 18.3 Å². The zero-order valence-corrected chi connectivity index (χ0v) is 18.0. The summed E-state index contributed by atoms with van der Waals surface area (Å²) in [6, 6.07) is 12.0. The van der Waals surface area contributed by atoms with Crippen molar-refractivity contribution in [1.82, 2.24) is 9.97 Å². The molecule has 0 aliphatic heterocycles. The van der Waals surface area contributed by atoms with Crippen molar-refractivity contribution < 1.29 is 4.55 Å². The molecule has 0 saturated carbocycles. The third-order valence-electron chi connectivity index (χ3n) is 4.07. The Bertz CT molecular complexity index is 950. The Morgan fingerprint density at radius 3 is 2.75 bits per heavy atom. The summed E-state index contributed by atoms with van der Waals surface area (Å²) in [4.78, 5) is 9.05. The topological polar surface area (TPSA) is 72.6 Å². The number of nitriles is 1. The lowest BCUT2D eigenvalue weighted by Crippen LogP contribution is -2.09. The molecule has 3 aromatic rings. The van der Waals surface area contributed by atoms with Gasteiger partial charge in [-0.05, 0) is 41.7 Å². The zero-order chi connectivity index (χ0) is 19.9. The molecule has 28 heavy (non-hydrogen) atoms. The predicted molar refractivity (Wildman–Crippen MR) is 119 cm³/mol. The number of hydrogen-bond acceptors (Lipinski definition) is 6. The van der Waals surface area contributed by atoms with Crippen molar-refractivity contribution in [3.8, 4) is 27.9 Å². The smallest absolute Gasteiger partial charge is 0.156 e. The van der Waals surface area contributed by atoms with Crippen LogP contribution in [0.1, 0.15) is 30.9 Å². The number of nitrogens with zero attached hydrogens (tertiary/aromatic N) is 3. The number of hydrogen-bond donors (Lipinski definition) is 0. The highest BCUT2D eigenvalue weighted by atomic mass is 32.3. The summed E-state index contributed by atoms with van der Waals surface area (Å²) in [6.07, 6.45) is 3.70. The fourth-order valence-electron chi connectivity index (χ4n) is 2.59. The number of thioether (sulfide) groups is 1. The largest absolute Gasteiger partial charge is 0.616 e. The molecular formula is C21H20N3OS3. The van der Waals surface area contributed by atoms with E-state index in [1.165, 1.54) is 23.1 Å². The minimum atomic E-state index is -0.936. The Hall–Kier alpha value is -1.85. The maximum atomic E-state index is 12.2. The highest BCUT2D eigenvalue weighted by Gasteiger charge is 2.18. The van der Waals surface area contributed by atoms with Crippen molar-refractivity contribution in [2.45, 2.75) is 24.8 Å². The lowest BCUT2D eigenvalue weighted by Gasteiger charge is -2.13. The second kappa shape index (κ2) is 10.1. The Balaban J connectivity index is 2.02. The van der Waals surface area contributed by atoms with E-state index < -0.39 is 11.2 Å². The van der Waals surface area contributed by atoms with E-state index in [4.69, 9.17) is 0 Å². The average molecular weight is 427 g/mol. The standard InChI is InChI=1S/C21H20N3OS3/c1-3-4-11-28(25)14-27-20-18(13-22)17(16-7-5-15(2)6-8-16)12-19(24-20)21-23-9-10-26-21/h5-10,12H,2-4,11,14H2,1H3. The molecule has 2 heterocycles. The van der Waals surface area contributed by atoms with Crippen LogP contribution in [-0.2, 0) is 11.2 Å². The van der Waals surface area contributed by atoms with Gasteiger partial charge in [0.25, 0.3) is 0 Å². The van der Waals surface area contributed by atoms with E-state index in [2.05, 4.69) is 29.9 Å². The van der Waals surface area contributed by atoms with Crippen molar-refractivity contribution in [2.24, 2.45) is 0 Å². The summed E-state index contributed by atoms with van der Waals surface area (Å²) in [7, 11) is 0. The first-order valence-electron chi connectivity index (χ1n) is 8.87. The van der Waals surface area contributed by atoms with Crippen molar-refractivity contribution in [3.63, 3.8) is 0 Å². The molecule has 2 aromatic heterocycles. The molecule has 0 spiro atoms. The van der Waals surface area contributed by atoms with E-state index in [-0.39, 0.29) is 0 Å². The van der Waals surface area contributed by atoms with Crippen LogP contribution in [0.4, 0.5) is 0 Å². The molecule has 1 aromatic carbocycles. The van der Waals surface area contributed by atoms with Crippen molar-refractivity contribution >= 4 is 34.3 Å². The highest BCUT2D eigenvalue weighted by Crippen LogP contribution is 2.35. The molecule has 0 aliphatic carbocycles. The van der Waals surface area contributed by atoms with Crippen molar-refractivity contribution in [1.29, 1.82) is 5.26 Å². The van der Waals surface area contributed by atoms with Gasteiger partial charge in [0.05, 0.1) is 5.56 Å². The molecular weight excluding hydrogens is 406 g/mol. The normalized spacial score (nSPS) is 11.9. The second-order valence-corrected chi connectivity index (χ2v) is 9.94. The second-order valence-electron chi connectivity index (χ2n) is 6.14. The van der Waals surface area contributed by atoms with Crippen LogP contribution < -0.4 is 0 Å². The van der Waals surface area contributed by atoms with Gasteiger partial charge in [0.1, 0.15) is 27.5 Å². The van der Waals surface area contributed by atoms with Crippen LogP contribution in [-0.4, -0.2) is 25.4 Å². The van der Waals surface area contributed by atoms with Gasteiger partial charge >= 0.3 is 0 Å². The molecule has 0 bridgehead atoms. The number of unbranched alkanes of at least 4 members (excludes halogenated alkanes) is 1. The SMILES string of the molecule is [CH2]c1ccc(-c2cc(-c3nccs3)nc(SC[S+]([O-])CCCC)c2C#N)cc1. The Morgan fingerprint density at radius 1 is 1.32 bits per heavy atom. The Labute approximate surface area is 177 Å². The van der Waals surface area contributed by atoms with Crippen LogP contribution in [0.3, 0.4) is 0 Å². The molecule has 0 N–H and O–H groups in total. The number of benzene rings is 1. The summed E-state index contributed by atoms with van der Waals surface area (Å²) in [6.45, 7) is 6.01. The lowest BCUT2D eigenvalue weighted by molar-refractivity contribution is 0.596. The minimum absolute atomic E-state index is 0.431. The van der Waals surface area contributed by atoms with Crippen LogP contribution in [0.5, 0.6) is 0 Å². The monoisotopic (exact) mass is 426 g/mol. The summed E-state index contributed by atoms with van der Waals surface area (Å²) in [5.41, 5.74) is 3.89. The number of thiazole rings is 1. The van der Waals surface area contributed by atoms with Crippen LogP contribution in [0.2, 0.25) is 0 Å².